The molecule has 8 heteroatoms. The molecule has 0 spiro atoms. The van der Waals surface area contributed by atoms with E-state index in [4.69, 9.17) is 9.73 Å². The van der Waals surface area contributed by atoms with Crippen LogP contribution in [0.4, 0.5) is 11.4 Å². The summed E-state index contributed by atoms with van der Waals surface area (Å²) in [4.78, 5) is 19.8. The number of anilines is 2. The van der Waals surface area contributed by atoms with Crippen molar-refractivity contribution in [3.63, 3.8) is 0 Å². The summed E-state index contributed by atoms with van der Waals surface area (Å²) in [7, 11) is 7.40. The summed E-state index contributed by atoms with van der Waals surface area (Å²) in [6.07, 6.45) is 0. The highest BCUT2D eigenvalue weighted by molar-refractivity contribution is 6.10. The van der Waals surface area contributed by atoms with Crippen LogP contribution in [0.25, 0.3) is 0 Å². The molecule has 0 unspecified atom stereocenters. The lowest BCUT2D eigenvalue weighted by atomic mass is 10.2. The van der Waals surface area contributed by atoms with E-state index in [2.05, 4.69) is 15.7 Å². The van der Waals surface area contributed by atoms with Crippen LogP contribution in [-0.4, -0.2) is 42.9 Å². The molecule has 33 heavy (non-hydrogen) atoms. The zero-order valence-corrected chi connectivity index (χ0v) is 20.4. The summed E-state index contributed by atoms with van der Waals surface area (Å²) in [6.45, 7) is 6.34. The first-order valence-electron chi connectivity index (χ1n) is 10.7. The van der Waals surface area contributed by atoms with Crippen molar-refractivity contribution >= 4 is 23.2 Å². The molecule has 0 radical (unpaired) electrons. The zero-order chi connectivity index (χ0) is 24.1. The third-order valence-electron chi connectivity index (χ3n) is 5.52. The van der Waals surface area contributed by atoms with E-state index < -0.39 is 0 Å². The van der Waals surface area contributed by atoms with Gasteiger partial charge in [-0.2, -0.15) is 5.10 Å². The third-order valence-corrected chi connectivity index (χ3v) is 5.52. The molecule has 0 saturated carbocycles. The van der Waals surface area contributed by atoms with E-state index in [1.807, 2.05) is 87.9 Å². The molecule has 3 rings (SSSR count). The maximum Gasteiger partial charge on any atom is 0.258 e. The molecule has 0 bridgehead atoms. The summed E-state index contributed by atoms with van der Waals surface area (Å²) in [6, 6.07) is 13.2. The fourth-order valence-corrected chi connectivity index (χ4v) is 3.47. The second kappa shape index (κ2) is 10.2. The molecule has 1 amide bonds. The number of benzene rings is 2. The number of rotatable bonds is 6. The largest absolute Gasteiger partial charge is 0.495 e. The van der Waals surface area contributed by atoms with E-state index in [0.717, 1.165) is 33.9 Å². The molecule has 0 saturated heterocycles. The Bertz CT molecular complexity index is 1180. The lowest BCUT2D eigenvalue weighted by molar-refractivity contribution is 0.0977. The van der Waals surface area contributed by atoms with Crippen molar-refractivity contribution in [1.29, 1.82) is 0 Å². The first-order chi connectivity index (χ1) is 15.7. The minimum atomic E-state index is -0.254. The topological polar surface area (TPSA) is 83.8 Å². The van der Waals surface area contributed by atoms with E-state index in [1.54, 1.807) is 13.2 Å². The number of nitrogens with zero attached hydrogens (tertiary/aromatic N) is 4. The summed E-state index contributed by atoms with van der Waals surface area (Å²) in [5, 5.41) is 10.6. The Hall–Kier alpha value is -3.81. The predicted octanol–water partition coefficient (Wildman–Crippen LogP) is 3.82. The summed E-state index contributed by atoms with van der Waals surface area (Å²) < 4.78 is 7.32. The maximum atomic E-state index is 13.1. The van der Waals surface area contributed by atoms with Crippen LogP contribution in [0.15, 0.2) is 47.5 Å². The number of amides is 1. The number of carbonyl (C=O) groups excluding carboxylic acids is 1. The Morgan fingerprint density at radius 1 is 1.15 bits per heavy atom. The Balaban J connectivity index is 1.93. The highest BCUT2D eigenvalue weighted by Gasteiger charge is 2.14. The molecular formula is C25H32N6O2. The van der Waals surface area contributed by atoms with Gasteiger partial charge in [0.15, 0.2) is 0 Å². The van der Waals surface area contributed by atoms with Gasteiger partial charge in [-0.1, -0.05) is 12.1 Å². The zero-order valence-electron chi connectivity index (χ0n) is 20.4. The minimum absolute atomic E-state index is 0.254. The van der Waals surface area contributed by atoms with Gasteiger partial charge in [0.25, 0.3) is 5.91 Å². The van der Waals surface area contributed by atoms with Gasteiger partial charge >= 0.3 is 0 Å². The number of guanidine groups is 1. The van der Waals surface area contributed by atoms with Crippen molar-refractivity contribution in [2.45, 2.75) is 27.3 Å². The van der Waals surface area contributed by atoms with Crippen molar-refractivity contribution in [1.82, 2.24) is 15.1 Å². The molecule has 3 aromatic rings. The molecule has 2 aromatic carbocycles. The summed E-state index contributed by atoms with van der Waals surface area (Å²) in [5.74, 6) is 0.740. The molecule has 2 N–H and O–H groups in total. The highest BCUT2D eigenvalue weighted by Crippen LogP contribution is 2.25. The van der Waals surface area contributed by atoms with Crippen molar-refractivity contribution in [2.24, 2.45) is 12.0 Å². The molecular weight excluding hydrogens is 416 g/mol. The van der Waals surface area contributed by atoms with Gasteiger partial charge in [-0.05, 0) is 56.7 Å². The lowest BCUT2D eigenvalue weighted by Crippen LogP contribution is -2.36. The Labute approximate surface area is 195 Å². The number of aryl methyl sites for hydroxylation is 3. The number of methoxy groups -OCH3 is 1. The van der Waals surface area contributed by atoms with Gasteiger partial charge in [0, 0.05) is 43.7 Å². The van der Waals surface area contributed by atoms with E-state index >= 15 is 0 Å². The van der Waals surface area contributed by atoms with Gasteiger partial charge in [0.2, 0.25) is 5.96 Å². The minimum Gasteiger partial charge on any atom is -0.495 e. The average Bonchev–Trinajstić information content (AvgIpc) is 3.03. The molecule has 174 valence electrons. The molecule has 1 heterocycles. The number of aromatic nitrogens is 2. The van der Waals surface area contributed by atoms with Gasteiger partial charge in [0.05, 0.1) is 25.0 Å². The third kappa shape index (κ3) is 5.71. The summed E-state index contributed by atoms with van der Waals surface area (Å²) >= 11 is 0. The van der Waals surface area contributed by atoms with Gasteiger partial charge in [-0.25, -0.2) is 4.99 Å². The van der Waals surface area contributed by atoms with Crippen molar-refractivity contribution in [3.05, 3.63) is 70.5 Å². The van der Waals surface area contributed by atoms with Crippen molar-refractivity contribution in [3.8, 4) is 5.75 Å². The number of ether oxygens (including phenoxy) is 1. The fraction of sp³-hybridized carbons (Fsp3) is 0.320. The van der Waals surface area contributed by atoms with Gasteiger partial charge < -0.3 is 15.0 Å². The quantitative estimate of drug-likeness (QED) is 0.442. The number of carbonyl (C=O) groups is 1. The fourth-order valence-electron chi connectivity index (χ4n) is 3.47. The van der Waals surface area contributed by atoms with Crippen molar-refractivity contribution < 1.29 is 9.53 Å². The number of nitrogens with one attached hydrogen (secondary N) is 2. The second-order valence-corrected chi connectivity index (χ2v) is 8.17. The molecule has 0 fully saturated rings. The normalized spacial score (nSPS) is 11.3. The summed E-state index contributed by atoms with van der Waals surface area (Å²) in [5.41, 5.74) is 6.23. The van der Waals surface area contributed by atoms with Crippen LogP contribution in [0.3, 0.4) is 0 Å². The van der Waals surface area contributed by atoms with Crippen LogP contribution in [0.5, 0.6) is 5.75 Å². The van der Waals surface area contributed by atoms with Crippen LogP contribution in [0, 0.1) is 20.8 Å². The Morgan fingerprint density at radius 2 is 1.91 bits per heavy atom. The first kappa shape index (κ1) is 23.8. The average molecular weight is 449 g/mol. The standard InChI is InChI=1S/C25H32N6O2/c1-16-11-12-23(33-7)22(13-16)27-25(26-15-21-17(2)29-31(6)18(21)3)28-24(32)19-9-8-10-20(14-19)30(4)5/h8-14H,15H2,1-7H3,(H2,26,27,28,32). The lowest BCUT2D eigenvalue weighted by Gasteiger charge is -2.16. The van der Waals surface area contributed by atoms with Gasteiger partial charge in [0.1, 0.15) is 5.75 Å². The van der Waals surface area contributed by atoms with E-state index in [1.165, 1.54) is 0 Å². The molecule has 0 atom stereocenters. The predicted molar refractivity (Wildman–Crippen MR) is 133 cm³/mol. The Morgan fingerprint density at radius 3 is 2.55 bits per heavy atom. The molecule has 0 aliphatic heterocycles. The number of hydrogen-bond donors (Lipinski definition) is 2. The smallest absolute Gasteiger partial charge is 0.258 e. The number of hydrogen-bond acceptors (Lipinski definition) is 5. The van der Waals surface area contributed by atoms with Crippen LogP contribution >= 0.6 is 0 Å². The van der Waals surface area contributed by atoms with Crippen molar-refractivity contribution in [2.75, 3.05) is 31.4 Å². The molecule has 8 nitrogen and oxygen atoms in total. The van der Waals surface area contributed by atoms with Crippen LogP contribution in [-0.2, 0) is 13.6 Å². The Kier molecular flexibility index (Phi) is 7.37. The van der Waals surface area contributed by atoms with E-state index in [0.29, 0.717) is 23.8 Å². The monoisotopic (exact) mass is 448 g/mol. The maximum absolute atomic E-state index is 13.1. The van der Waals surface area contributed by atoms with Crippen LogP contribution in [0.1, 0.15) is 32.9 Å². The molecule has 1 aromatic heterocycles. The number of aliphatic imine (C=N–C) groups is 1. The molecule has 0 aliphatic rings. The van der Waals surface area contributed by atoms with Crippen LogP contribution < -0.4 is 20.3 Å². The molecule has 0 aliphatic carbocycles. The van der Waals surface area contributed by atoms with E-state index in [-0.39, 0.29) is 5.91 Å². The van der Waals surface area contributed by atoms with E-state index in [9.17, 15) is 4.79 Å². The van der Waals surface area contributed by atoms with Gasteiger partial charge in [-0.15, -0.1) is 0 Å². The second-order valence-electron chi connectivity index (χ2n) is 8.17. The SMILES string of the molecule is COc1ccc(C)cc1NC(=NCc1c(C)nn(C)c1C)NC(=O)c1cccc(N(C)C)c1. The highest BCUT2D eigenvalue weighted by atomic mass is 16.5. The van der Waals surface area contributed by atoms with Crippen LogP contribution in [0.2, 0.25) is 0 Å². The van der Waals surface area contributed by atoms with Gasteiger partial charge in [-0.3, -0.25) is 14.8 Å². The first-order valence-corrected chi connectivity index (χ1v) is 10.7.